The number of aromatic nitrogens is 1. The van der Waals surface area contributed by atoms with Crippen molar-refractivity contribution in [2.75, 3.05) is 17.2 Å². The van der Waals surface area contributed by atoms with E-state index in [1.807, 2.05) is 31.2 Å². The zero-order valence-corrected chi connectivity index (χ0v) is 13.2. The lowest BCUT2D eigenvalue weighted by molar-refractivity contribution is 0.0996. The molecule has 0 spiro atoms. The zero-order valence-electron chi connectivity index (χ0n) is 13.2. The molecule has 0 bridgehead atoms. The minimum Gasteiger partial charge on any atom is -0.494 e. The second kappa shape index (κ2) is 7.32. The van der Waals surface area contributed by atoms with Crippen LogP contribution in [0.5, 0.6) is 5.75 Å². The monoisotopic (exact) mass is 323 g/mol. The highest BCUT2D eigenvalue weighted by molar-refractivity contribution is 6.02. The summed E-state index contributed by atoms with van der Waals surface area (Å²) in [6, 6.07) is 14.4. The summed E-state index contributed by atoms with van der Waals surface area (Å²) in [5.74, 6) is 1.45. The summed E-state index contributed by atoms with van der Waals surface area (Å²) in [6.07, 6.45) is 3.04. The van der Waals surface area contributed by atoms with Crippen molar-refractivity contribution < 1.29 is 13.9 Å². The molecule has 0 unspecified atom stereocenters. The summed E-state index contributed by atoms with van der Waals surface area (Å²) >= 11 is 0. The van der Waals surface area contributed by atoms with Gasteiger partial charge in [-0.2, -0.15) is 0 Å². The molecule has 0 saturated carbocycles. The Kier molecular flexibility index (Phi) is 4.76. The Balaban J connectivity index is 1.61. The van der Waals surface area contributed by atoms with Crippen LogP contribution in [0.15, 0.2) is 65.4 Å². The SMILES string of the molecule is CCOc1ccc(Nc2ccc(NC(=O)c3ccco3)cn2)cc1. The first-order valence-electron chi connectivity index (χ1n) is 7.55. The molecule has 1 aromatic carbocycles. The van der Waals surface area contributed by atoms with E-state index in [4.69, 9.17) is 9.15 Å². The van der Waals surface area contributed by atoms with Crippen LogP contribution in [-0.4, -0.2) is 17.5 Å². The van der Waals surface area contributed by atoms with Gasteiger partial charge in [0.25, 0.3) is 5.91 Å². The standard InChI is InChI=1S/C18H17N3O3/c1-2-23-15-8-5-13(6-9-15)20-17-10-7-14(12-19-17)21-18(22)16-4-3-11-24-16/h3-12H,2H2,1H3,(H,19,20)(H,21,22). The Labute approximate surface area is 139 Å². The van der Waals surface area contributed by atoms with Gasteiger partial charge in [-0.25, -0.2) is 4.98 Å². The average molecular weight is 323 g/mol. The van der Waals surface area contributed by atoms with Crippen LogP contribution in [0.1, 0.15) is 17.5 Å². The highest BCUT2D eigenvalue weighted by Crippen LogP contribution is 2.20. The number of benzene rings is 1. The number of pyridine rings is 1. The molecule has 6 heteroatoms. The Morgan fingerprint density at radius 1 is 1.12 bits per heavy atom. The van der Waals surface area contributed by atoms with E-state index in [1.165, 1.54) is 6.26 Å². The first-order chi connectivity index (χ1) is 11.7. The number of ether oxygens (including phenoxy) is 1. The van der Waals surface area contributed by atoms with Crippen LogP contribution in [0.3, 0.4) is 0 Å². The number of anilines is 3. The lowest BCUT2D eigenvalue weighted by atomic mass is 10.3. The predicted molar refractivity (Wildman–Crippen MR) is 91.8 cm³/mol. The molecule has 0 aliphatic rings. The topological polar surface area (TPSA) is 76.4 Å². The third-order valence-corrected chi connectivity index (χ3v) is 3.20. The highest BCUT2D eigenvalue weighted by atomic mass is 16.5. The fourth-order valence-corrected chi connectivity index (χ4v) is 2.09. The molecule has 24 heavy (non-hydrogen) atoms. The van der Waals surface area contributed by atoms with E-state index in [1.54, 1.807) is 30.5 Å². The van der Waals surface area contributed by atoms with Crippen molar-refractivity contribution in [2.24, 2.45) is 0 Å². The van der Waals surface area contributed by atoms with Crippen molar-refractivity contribution in [2.45, 2.75) is 6.92 Å². The molecule has 6 nitrogen and oxygen atoms in total. The molecule has 0 saturated heterocycles. The zero-order chi connectivity index (χ0) is 16.8. The number of nitrogens with zero attached hydrogens (tertiary/aromatic N) is 1. The Morgan fingerprint density at radius 3 is 2.54 bits per heavy atom. The fraction of sp³-hybridized carbons (Fsp3) is 0.111. The molecule has 122 valence electrons. The number of nitrogens with one attached hydrogen (secondary N) is 2. The lowest BCUT2D eigenvalue weighted by Gasteiger charge is -2.08. The van der Waals surface area contributed by atoms with E-state index < -0.39 is 0 Å². The second-order valence-electron chi connectivity index (χ2n) is 4.95. The van der Waals surface area contributed by atoms with Crippen molar-refractivity contribution in [3.05, 3.63) is 66.8 Å². The summed E-state index contributed by atoms with van der Waals surface area (Å²) in [5, 5.41) is 5.90. The Bertz CT molecular complexity index is 781. The maximum absolute atomic E-state index is 11.9. The van der Waals surface area contributed by atoms with Gasteiger partial charge in [-0.1, -0.05) is 0 Å². The molecule has 0 atom stereocenters. The summed E-state index contributed by atoms with van der Waals surface area (Å²) < 4.78 is 10.4. The van der Waals surface area contributed by atoms with E-state index >= 15 is 0 Å². The van der Waals surface area contributed by atoms with Gasteiger partial charge in [0.15, 0.2) is 5.76 Å². The first-order valence-corrected chi connectivity index (χ1v) is 7.55. The molecular formula is C18H17N3O3. The number of carbonyl (C=O) groups is 1. The summed E-state index contributed by atoms with van der Waals surface area (Å²) in [5.41, 5.74) is 1.49. The van der Waals surface area contributed by atoms with Gasteiger partial charge in [0.2, 0.25) is 0 Å². The lowest BCUT2D eigenvalue weighted by Crippen LogP contribution is -2.11. The molecule has 2 N–H and O–H groups in total. The molecule has 1 amide bonds. The van der Waals surface area contributed by atoms with Gasteiger partial charge in [0.05, 0.1) is 24.8 Å². The molecule has 0 aliphatic carbocycles. The van der Waals surface area contributed by atoms with Crippen molar-refractivity contribution in [3.63, 3.8) is 0 Å². The maximum Gasteiger partial charge on any atom is 0.291 e. The molecular weight excluding hydrogens is 306 g/mol. The Morgan fingerprint density at radius 2 is 1.92 bits per heavy atom. The number of rotatable bonds is 6. The average Bonchev–Trinajstić information content (AvgIpc) is 3.13. The first kappa shape index (κ1) is 15.6. The molecule has 3 aromatic rings. The van der Waals surface area contributed by atoms with Crippen LogP contribution >= 0.6 is 0 Å². The normalized spacial score (nSPS) is 10.2. The molecule has 2 heterocycles. The minimum absolute atomic E-state index is 0.256. The summed E-state index contributed by atoms with van der Waals surface area (Å²) in [4.78, 5) is 16.2. The van der Waals surface area contributed by atoms with Crippen LogP contribution in [0.25, 0.3) is 0 Å². The van der Waals surface area contributed by atoms with Crippen molar-refractivity contribution >= 4 is 23.1 Å². The van der Waals surface area contributed by atoms with E-state index in [0.717, 1.165) is 11.4 Å². The van der Waals surface area contributed by atoms with E-state index in [-0.39, 0.29) is 11.7 Å². The highest BCUT2D eigenvalue weighted by Gasteiger charge is 2.08. The van der Waals surface area contributed by atoms with E-state index in [9.17, 15) is 4.79 Å². The molecule has 3 rings (SSSR count). The van der Waals surface area contributed by atoms with Crippen molar-refractivity contribution in [3.8, 4) is 5.75 Å². The smallest absolute Gasteiger partial charge is 0.291 e. The van der Waals surface area contributed by atoms with Crippen LogP contribution in [0.2, 0.25) is 0 Å². The third kappa shape index (κ3) is 3.92. The molecule has 2 aromatic heterocycles. The van der Waals surface area contributed by atoms with Gasteiger partial charge in [-0.05, 0) is 55.5 Å². The van der Waals surface area contributed by atoms with Crippen LogP contribution in [0, 0.1) is 0 Å². The fourth-order valence-electron chi connectivity index (χ4n) is 2.09. The number of amides is 1. The quantitative estimate of drug-likeness (QED) is 0.715. The van der Waals surface area contributed by atoms with Crippen LogP contribution in [-0.2, 0) is 0 Å². The molecule has 0 radical (unpaired) electrons. The number of furan rings is 1. The van der Waals surface area contributed by atoms with Crippen molar-refractivity contribution in [1.82, 2.24) is 4.98 Å². The summed E-state index contributed by atoms with van der Waals surface area (Å²) in [7, 11) is 0. The summed E-state index contributed by atoms with van der Waals surface area (Å²) in [6.45, 7) is 2.59. The Hall–Kier alpha value is -3.28. The minimum atomic E-state index is -0.311. The van der Waals surface area contributed by atoms with Crippen LogP contribution in [0.4, 0.5) is 17.2 Å². The molecule has 0 fully saturated rings. The molecule has 0 aliphatic heterocycles. The third-order valence-electron chi connectivity index (χ3n) is 3.20. The predicted octanol–water partition coefficient (Wildman–Crippen LogP) is 4.07. The number of hydrogen-bond acceptors (Lipinski definition) is 5. The largest absolute Gasteiger partial charge is 0.494 e. The van der Waals surface area contributed by atoms with Crippen LogP contribution < -0.4 is 15.4 Å². The van der Waals surface area contributed by atoms with Gasteiger partial charge in [-0.15, -0.1) is 0 Å². The second-order valence-corrected chi connectivity index (χ2v) is 4.95. The number of hydrogen-bond donors (Lipinski definition) is 2. The van der Waals surface area contributed by atoms with Gasteiger partial charge in [-0.3, -0.25) is 4.79 Å². The van der Waals surface area contributed by atoms with E-state index in [2.05, 4.69) is 15.6 Å². The van der Waals surface area contributed by atoms with Gasteiger partial charge >= 0.3 is 0 Å². The van der Waals surface area contributed by atoms with Gasteiger partial charge in [0, 0.05) is 5.69 Å². The van der Waals surface area contributed by atoms with Crippen molar-refractivity contribution in [1.29, 1.82) is 0 Å². The van der Waals surface area contributed by atoms with Gasteiger partial charge < -0.3 is 19.8 Å². The van der Waals surface area contributed by atoms with E-state index in [0.29, 0.717) is 18.1 Å². The van der Waals surface area contributed by atoms with Gasteiger partial charge in [0.1, 0.15) is 11.6 Å². The maximum atomic E-state index is 11.9. The number of carbonyl (C=O) groups excluding carboxylic acids is 1.